The van der Waals surface area contributed by atoms with Crippen LogP contribution in [0.5, 0.6) is 0 Å². The van der Waals surface area contributed by atoms with Gasteiger partial charge in [0.1, 0.15) is 0 Å². The highest BCUT2D eigenvalue weighted by Crippen LogP contribution is 2.46. The summed E-state index contributed by atoms with van der Waals surface area (Å²) in [6.07, 6.45) is 3.80. The van der Waals surface area contributed by atoms with Crippen molar-refractivity contribution in [3.05, 3.63) is 88.9 Å². The quantitative estimate of drug-likeness (QED) is 0.426. The van der Waals surface area contributed by atoms with E-state index in [1.165, 1.54) is 53.7 Å². The molecule has 0 spiro atoms. The first-order valence-corrected chi connectivity index (χ1v) is 11.6. The monoisotopic (exact) mass is 416 g/mol. The van der Waals surface area contributed by atoms with E-state index in [2.05, 4.69) is 70.5 Å². The molecule has 1 heterocycles. The van der Waals surface area contributed by atoms with Gasteiger partial charge in [-0.1, -0.05) is 72.6 Å². The van der Waals surface area contributed by atoms with Gasteiger partial charge in [-0.2, -0.15) is 0 Å². The summed E-state index contributed by atoms with van der Waals surface area (Å²) in [4.78, 5) is 5.08. The molecule has 3 aromatic rings. The fourth-order valence-corrected chi connectivity index (χ4v) is 5.34. The number of anilines is 1. The van der Waals surface area contributed by atoms with Crippen LogP contribution in [-0.2, 0) is 0 Å². The lowest BCUT2D eigenvalue weighted by Crippen LogP contribution is -2.46. The molecule has 3 heteroatoms. The van der Waals surface area contributed by atoms with Gasteiger partial charge in [-0.15, -0.1) is 0 Å². The lowest BCUT2D eigenvalue weighted by atomic mass is 9.91. The third kappa shape index (κ3) is 3.99. The molecule has 0 saturated carbocycles. The van der Waals surface area contributed by atoms with Crippen LogP contribution in [0.1, 0.15) is 36.3 Å². The fourth-order valence-electron chi connectivity index (χ4n) is 5.16. The van der Waals surface area contributed by atoms with Gasteiger partial charge in [0.15, 0.2) is 0 Å². The van der Waals surface area contributed by atoms with Crippen LogP contribution in [0.25, 0.3) is 11.1 Å². The van der Waals surface area contributed by atoms with Crippen LogP contribution >= 0.6 is 11.6 Å². The number of fused-ring (bicyclic) bond motifs is 3. The Hall–Kier alpha value is -2.29. The van der Waals surface area contributed by atoms with Crippen LogP contribution < -0.4 is 4.90 Å². The molecule has 1 fully saturated rings. The molecule has 1 saturated heterocycles. The predicted octanol–water partition coefficient (Wildman–Crippen LogP) is 6.44. The molecule has 30 heavy (non-hydrogen) atoms. The van der Waals surface area contributed by atoms with Gasteiger partial charge >= 0.3 is 0 Å². The van der Waals surface area contributed by atoms with E-state index >= 15 is 0 Å². The Morgan fingerprint density at radius 1 is 0.733 bits per heavy atom. The van der Waals surface area contributed by atoms with Crippen molar-refractivity contribution in [3.63, 3.8) is 0 Å². The zero-order valence-electron chi connectivity index (χ0n) is 17.4. The smallest absolute Gasteiger partial charge is 0.0426 e. The van der Waals surface area contributed by atoms with Crippen LogP contribution in [0.3, 0.4) is 0 Å². The molecule has 2 nitrogen and oxygen atoms in total. The molecule has 0 atom stereocenters. The lowest BCUT2D eigenvalue weighted by molar-refractivity contribution is 0.252. The summed E-state index contributed by atoms with van der Waals surface area (Å²) in [6.45, 7) is 5.66. The number of benzene rings is 3. The lowest BCUT2D eigenvalue weighted by Gasteiger charge is -2.36. The maximum Gasteiger partial charge on any atom is 0.0426 e. The second kappa shape index (κ2) is 8.83. The van der Waals surface area contributed by atoms with E-state index < -0.39 is 0 Å². The van der Waals surface area contributed by atoms with E-state index in [4.69, 9.17) is 11.6 Å². The van der Waals surface area contributed by atoms with Crippen LogP contribution in [0, 0.1) is 0 Å². The van der Waals surface area contributed by atoms with Gasteiger partial charge in [0, 0.05) is 42.8 Å². The van der Waals surface area contributed by atoms with Gasteiger partial charge in [0.05, 0.1) is 0 Å². The van der Waals surface area contributed by atoms with Gasteiger partial charge in [-0.25, -0.2) is 0 Å². The highest BCUT2D eigenvalue weighted by molar-refractivity contribution is 6.30. The van der Waals surface area contributed by atoms with E-state index in [9.17, 15) is 0 Å². The van der Waals surface area contributed by atoms with E-state index in [-0.39, 0.29) is 0 Å². The zero-order valence-corrected chi connectivity index (χ0v) is 18.2. The largest absolute Gasteiger partial charge is 0.369 e. The number of hydrogen-bond acceptors (Lipinski definition) is 2. The number of nitrogens with zero attached hydrogens (tertiary/aromatic N) is 2. The average Bonchev–Trinajstić information content (AvgIpc) is 3.11. The van der Waals surface area contributed by atoms with Gasteiger partial charge in [0.2, 0.25) is 0 Å². The topological polar surface area (TPSA) is 6.48 Å². The number of piperazine rings is 1. The van der Waals surface area contributed by atoms with Crippen molar-refractivity contribution in [2.45, 2.75) is 25.2 Å². The summed E-state index contributed by atoms with van der Waals surface area (Å²) in [5, 5.41) is 0.824. The summed E-state index contributed by atoms with van der Waals surface area (Å²) in [5.41, 5.74) is 7.17. The first-order valence-electron chi connectivity index (χ1n) is 11.2. The van der Waals surface area contributed by atoms with Gasteiger partial charge in [-0.05, 0) is 59.8 Å². The average molecular weight is 417 g/mol. The second-order valence-electron chi connectivity index (χ2n) is 8.53. The highest BCUT2D eigenvalue weighted by Gasteiger charge is 2.27. The fraction of sp³-hybridized carbons (Fsp3) is 0.333. The molecule has 0 bridgehead atoms. The van der Waals surface area contributed by atoms with E-state index in [0.717, 1.165) is 31.2 Å². The molecule has 154 valence electrons. The summed E-state index contributed by atoms with van der Waals surface area (Å²) in [5.74, 6) is 0.567. The standard InChI is InChI=1S/C27H29ClN2/c28-21-8-7-9-22(20-21)30-18-16-29(17-19-30)15-6-5-14-27-25-12-3-1-10-23(25)24-11-2-4-13-26(24)27/h1-4,7-13,20,27H,5-6,14-19H2. The molecule has 0 aromatic heterocycles. The minimum Gasteiger partial charge on any atom is -0.369 e. The van der Waals surface area contributed by atoms with Crippen molar-refractivity contribution in [1.29, 1.82) is 0 Å². The van der Waals surface area contributed by atoms with E-state index in [0.29, 0.717) is 5.92 Å². The predicted molar refractivity (Wildman–Crippen MR) is 128 cm³/mol. The molecule has 5 rings (SSSR count). The van der Waals surface area contributed by atoms with E-state index in [1.54, 1.807) is 0 Å². The Morgan fingerprint density at radius 2 is 1.40 bits per heavy atom. The van der Waals surface area contributed by atoms with E-state index in [1.807, 2.05) is 12.1 Å². The SMILES string of the molecule is Clc1cccc(N2CCN(CCCCC3c4ccccc4-c4ccccc43)CC2)c1. The Labute approximate surface area is 185 Å². The van der Waals surface area contributed by atoms with Crippen LogP contribution in [-0.4, -0.2) is 37.6 Å². The summed E-state index contributed by atoms with van der Waals surface area (Å²) >= 11 is 6.16. The molecule has 0 N–H and O–H groups in total. The third-order valence-electron chi connectivity index (χ3n) is 6.73. The molecule has 1 aliphatic heterocycles. The van der Waals surface area contributed by atoms with Crippen molar-refractivity contribution < 1.29 is 0 Å². The Balaban J connectivity index is 1.12. The molecular formula is C27H29ClN2. The summed E-state index contributed by atoms with van der Waals surface area (Å²) in [6, 6.07) is 26.2. The van der Waals surface area contributed by atoms with Gasteiger partial charge in [0.25, 0.3) is 0 Å². The summed E-state index contributed by atoms with van der Waals surface area (Å²) < 4.78 is 0. The number of halogens is 1. The number of unbranched alkanes of at least 4 members (excludes halogenated alkanes) is 1. The Bertz CT molecular complexity index is 962. The zero-order chi connectivity index (χ0) is 20.3. The van der Waals surface area contributed by atoms with Crippen molar-refractivity contribution >= 4 is 17.3 Å². The number of rotatable bonds is 6. The molecule has 3 aromatic carbocycles. The van der Waals surface area contributed by atoms with Crippen molar-refractivity contribution in [1.82, 2.24) is 4.90 Å². The van der Waals surface area contributed by atoms with Crippen molar-refractivity contribution in [2.75, 3.05) is 37.6 Å². The minimum absolute atomic E-state index is 0.567. The maximum absolute atomic E-state index is 6.16. The highest BCUT2D eigenvalue weighted by atomic mass is 35.5. The molecule has 2 aliphatic rings. The van der Waals surface area contributed by atoms with Crippen LogP contribution in [0.15, 0.2) is 72.8 Å². The van der Waals surface area contributed by atoms with Crippen LogP contribution in [0.2, 0.25) is 5.02 Å². The molecule has 0 unspecified atom stereocenters. The van der Waals surface area contributed by atoms with Gasteiger partial charge in [-0.3, -0.25) is 4.90 Å². The minimum atomic E-state index is 0.567. The number of hydrogen-bond donors (Lipinski definition) is 0. The molecular weight excluding hydrogens is 388 g/mol. The first-order chi connectivity index (χ1) is 14.8. The molecule has 0 amide bonds. The Kier molecular flexibility index (Phi) is 5.79. The normalized spacial score (nSPS) is 16.5. The Morgan fingerprint density at radius 3 is 2.07 bits per heavy atom. The summed E-state index contributed by atoms with van der Waals surface area (Å²) in [7, 11) is 0. The first kappa shape index (κ1) is 19.7. The van der Waals surface area contributed by atoms with Crippen molar-refractivity contribution in [2.24, 2.45) is 0 Å². The van der Waals surface area contributed by atoms with Gasteiger partial charge < -0.3 is 4.90 Å². The van der Waals surface area contributed by atoms with Crippen molar-refractivity contribution in [3.8, 4) is 11.1 Å². The maximum atomic E-state index is 6.16. The molecule has 1 aliphatic carbocycles. The molecule has 0 radical (unpaired) electrons. The van der Waals surface area contributed by atoms with Crippen LogP contribution in [0.4, 0.5) is 5.69 Å². The second-order valence-corrected chi connectivity index (χ2v) is 8.97. The third-order valence-corrected chi connectivity index (χ3v) is 6.96.